The van der Waals surface area contributed by atoms with Gasteiger partial charge in [0.1, 0.15) is 5.76 Å². The molecular weight excluding hydrogens is 362 g/mol. The summed E-state index contributed by atoms with van der Waals surface area (Å²) in [6, 6.07) is 7.25. The lowest BCUT2D eigenvalue weighted by Crippen LogP contribution is -2.20. The summed E-state index contributed by atoms with van der Waals surface area (Å²) in [6.07, 6.45) is 0.543. The fourth-order valence-corrected chi connectivity index (χ4v) is 2.70. The second kappa shape index (κ2) is 6.16. The summed E-state index contributed by atoms with van der Waals surface area (Å²) in [5.74, 6) is 0.0288. The molecule has 2 N–H and O–H groups in total. The van der Waals surface area contributed by atoms with Crippen molar-refractivity contribution in [3.63, 3.8) is 0 Å². The fraction of sp³-hybridized carbons (Fsp3) is 0.312. The van der Waals surface area contributed by atoms with Crippen LogP contribution in [0.25, 0.3) is 0 Å². The van der Waals surface area contributed by atoms with E-state index in [4.69, 9.17) is 4.52 Å². The van der Waals surface area contributed by atoms with Crippen LogP contribution in [0.1, 0.15) is 17.7 Å². The lowest BCUT2D eigenvalue weighted by atomic mass is 10.2. The molecule has 23 heavy (non-hydrogen) atoms. The van der Waals surface area contributed by atoms with Gasteiger partial charge in [0.15, 0.2) is 5.82 Å². The van der Waals surface area contributed by atoms with Crippen molar-refractivity contribution in [2.24, 2.45) is 11.8 Å². The topological polar surface area (TPSA) is 84.2 Å². The van der Waals surface area contributed by atoms with Crippen LogP contribution in [0.15, 0.2) is 33.3 Å². The van der Waals surface area contributed by atoms with Gasteiger partial charge in [-0.2, -0.15) is 0 Å². The van der Waals surface area contributed by atoms with E-state index >= 15 is 0 Å². The molecule has 7 heteroatoms. The predicted molar refractivity (Wildman–Crippen MR) is 89.0 cm³/mol. The minimum atomic E-state index is -0.319. The minimum Gasteiger partial charge on any atom is -0.360 e. The van der Waals surface area contributed by atoms with Crippen molar-refractivity contribution in [2.45, 2.75) is 20.3 Å². The van der Waals surface area contributed by atoms with E-state index in [9.17, 15) is 9.59 Å². The number of benzene rings is 1. The summed E-state index contributed by atoms with van der Waals surface area (Å²) >= 11 is 3.43. The van der Waals surface area contributed by atoms with E-state index in [1.165, 1.54) is 0 Å². The number of rotatable bonds is 4. The molecule has 2 atom stereocenters. The molecule has 1 saturated carbocycles. The molecule has 1 aliphatic carbocycles. The zero-order chi connectivity index (χ0) is 16.6. The average molecular weight is 378 g/mol. The Morgan fingerprint density at radius 1 is 1.17 bits per heavy atom. The van der Waals surface area contributed by atoms with Gasteiger partial charge in [-0.1, -0.05) is 27.2 Å². The molecule has 3 rings (SSSR count). The Hall–Kier alpha value is -2.15. The molecule has 0 spiro atoms. The molecule has 0 saturated heterocycles. The minimum absolute atomic E-state index is 0.141. The number of anilines is 2. The van der Waals surface area contributed by atoms with Crippen molar-refractivity contribution >= 4 is 39.2 Å². The quantitative estimate of drug-likeness (QED) is 0.855. The van der Waals surface area contributed by atoms with Crippen LogP contribution in [0.5, 0.6) is 0 Å². The summed E-state index contributed by atoms with van der Waals surface area (Å²) in [5, 5.41) is 9.21. The highest BCUT2D eigenvalue weighted by molar-refractivity contribution is 9.10. The van der Waals surface area contributed by atoms with Crippen molar-refractivity contribution in [1.29, 1.82) is 0 Å². The van der Waals surface area contributed by atoms with Crippen LogP contribution in [0.2, 0.25) is 0 Å². The summed E-state index contributed by atoms with van der Waals surface area (Å²) < 4.78 is 5.82. The third kappa shape index (κ3) is 3.61. The first-order valence-electron chi connectivity index (χ1n) is 7.25. The molecule has 1 aromatic carbocycles. The Kier molecular flexibility index (Phi) is 4.21. The molecule has 1 heterocycles. The number of aryl methyl sites for hydroxylation is 2. The van der Waals surface area contributed by atoms with E-state index in [-0.39, 0.29) is 23.7 Å². The van der Waals surface area contributed by atoms with E-state index in [2.05, 4.69) is 31.7 Å². The van der Waals surface area contributed by atoms with E-state index < -0.39 is 0 Å². The molecule has 1 fully saturated rings. The molecule has 0 radical (unpaired) electrons. The van der Waals surface area contributed by atoms with Crippen LogP contribution in [0, 0.1) is 25.7 Å². The van der Waals surface area contributed by atoms with Crippen molar-refractivity contribution in [1.82, 2.24) is 5.16 Å². The first kappa shape index (κ1) is 15.7. The highest BCUT2D eigenvalue weighted by Crippen LogP contribution is 2.40. The van der Waals surface area contributed by atoms with Crippen LogP contribution in [-0.2, 0) is 9.59 Å². The molecule has 2 unspecified atom stereocenters. The van der Waals surface area contributed by atoms with Gasteiger partial charge in [-0.05, 0) is 38.0 Å². The summed E-state index contributed by atoms with van der Waals surface area (Å²) in [4.78, 5) is 24.3. The number of carbonyl (C=O) groups is 2. The Balaban J connectivity index is 1.55. The predicted octanol–water partition coefficient (Wildman–Crippen LogP) is 3.27. The Labute approximate surface area is 141 Å². The van der Waals surface area contributed by atoms with Gasteiger partial charge in [0.25, 0.3) is 0 Å². The summed E-state index contributed by atoms with van der Waals surface area (Å²) in [6.45, 7) is 3.72. The van der Waals surface area contributed by atoms with Crippen molar-refractivity contribution in [2.75, 3.05) is 10.6 Å². The van der Waals surface area contributed by atoms with Gasteiger partial charge in [0, 0.05) is 16.2 Å². The van der Waals surface area contributed by atoms with Crippen molar-refractivity contribution in [3.8, 4) is 0 Å². The van der Waals surface area contributed by atoms with Crippen LogP contribution in [0.3, 0.4) is 0 Å². The molecule has 2 amide bonds. The zero-order valence-corrected chi connectivity index (χ0v) is 14.3. The maximum Gasteiger partial charge on any atom is 0.229 e. The maximum absolute atomic E-state index is 12.2. The van der Waals surface area contributed by atoms with E-state index in [0.29, 0.717) is 23.7 Å². The van der Waals surface area contributed by atoms with Gasteiger partial charge in [-0.15, -0.1) is 0 Å². The number of halogens is 1. The van der Waals surface area contributed by atoms with Crippen LogP contribution in [0.4, 0.5) is 11.5 Å². The van der Waals surface area contributed by atoms with E-state index in [1.807, 2.05) is 25.1 Å². The lowest BCUT2D eigenvalue weighted by Gasteiger charge is -2.07. The number of hydrogen-bond donors (Lipinski definition) is 2. The monoisotopic (exact) mass is 377 g/mol. The van der Waals surface area contributed by atoms with Gasteiger partial charge >= 0.3 is 0 Å². The number of nitrogens with zero attached hydrogens (tertiary/aromatic N) is 1. The Morgan fingerprint density at radius 2 is 1.87 bits per heavy atom. The number of nitrogens with one attached hydrogen (secondary N) is 2. The maximum atomic E-state index is 12.2. The SMILES string of the molecule is Cc1cc(NC(=O)C2CC2C(=O)Nc2ccc(C)c(Br)c2)no1. The number of carbonyl (C=O) groups excluding carboxylic acids is 2. The number of hydrogen-bond acceptors (Lipinski definition) is 4. The van der Waals surface area contributed by atoms with Crippen LogP contribution in [-0.4, -0.2) is 17.0 Å². The first-order chi connectivity index (χ1) is 10.9. The second-order valence-electron chi connectivity index (χ2n) is 5.71. The smallest absolute Gasteiger partial charge is 0.229 e. The molecule has 1 aromatic heterocycles. The van der Waals surface area contributed by atoms with Gasteiger partial charge < -0.3 is 15.2 Å². The van der Waals surface area contributed by atoms with Gasteiger partial charge in [0.2, 0.25) is 11.8 Å². The molecule has 0 bridgehead atoms. The fourth-order valence-electron chi connectivity index (χ4n) is 2.32. The second-order valence-corrected chi connectivity index (χ2v) is 6.57. The average Bonchev–Trinajstić information content (AvgIpc) is 3.21. The molecule has 6 nitrogen and oxygen atoms in total. The van der Waals surface area contributed by atoms with E-state index in [0.717, 1.165) is 10.0 Å². The van der Waals surface area contributed by atoms with Gasteiger partial charge in [0.05, 0.1) is 11.8 Å². The third-order valence-corrected chi connectivity index (χ3v) is 4.64. The Bertz CT molecular complexity index is 772. The zero-order valence-electron chi connectivity index (χ0n) is 12.7. The largest absolute Gasteiger partial charge is 0.360 e. The lowest BCUT2D eigenvalue weighted by molar-refractivity contribution is -0.122. The molecule has 0 aliphatic heterocycles. The normalized spacial score (nSPS) is 19.3. The summed E-state index contributed by atoms with van der Waals surface area (Å²) in [7, 11) is 0. The summed E-state index contributed by atoms with van der Waals surface area (Å²) in [5.41, 5.74) is 1.81. The number of aromatic nitrogens is 1. The third-order valence-electron chi connectivity index (χ3n) is 3.78. The van der Waals surface area contributed by atoms with Crippen LogP contribution >= 0.6 is 15.9 Å². The van der Waals surface area contributed by atoms with Gasteiger partial charge in [-0.25, -0.2) is 0 Å². The molecular formula is C16H16BrN3O3. The van der Waals surface area contributed by atoms with E-state index in [1.54, 1.807) is 13.0 Å². The Morgan fingerprint density at radius 3 is 2.48 bits per heavy atom. The highest BCUT2D eigenvalue weighted by Gasteiger charge is 2.48. The molecule has 120 valence electrons. The van der Waals surface area contributed by atoms with Crippen LogP contribution < -0.4 is 10.6 Å². The molecule has 1 aliphatic rings. The number of amides is 2. The van der Waals surface area contributed by atoms with Crippen molar-refractivity contribution in [3.05, 3.63) is 40.1 Å². The van der Waals surface area contributed by atoms with Gasteiger partial charge in [-0.3, -0.25) is 9.59 Å². The first-order valence-corrected chi connectivity index (χ1v) is 8.04. The standard InChI is InChI=1S/C16H16BrN3O3/c1-8-3-4-10(6-13(8)17)18-15(21)11-7-12(11)16(22)19-14-5-9(2)23-20-14/h3-6,11-12H,7H2,1-2H3,(H,18,21)(H,19,20,22). The highest BCUT2D eigenvalue weighted by atomic mass is 79.9. The van der Waals surface area contributed by atoms with Crippen molar-refractivity contribution < 1.29 is 14.1 Å². The molecule has 2 aromatic rings.